The Bertz CT molecular complexity index is 337. The summed E-state index contributed by atoms with van der Waals surface area (Å²) < 4.78 is 10.2. The Hall–Kier alpha value is -1.10. The minimum Gasteiger partial charge on any atom is -0.459 e. The average Bonchev–Trinajstić information content (AvgIpc) is 2.26. The summed E-state index contributed by atoms with van der Waals surface area (Å²) in [6.45, 7) is 0. The molecule has 0 aromatic rings. The van der Waals surface area contributed by atoms with Crippen molar-refractivity contribution in [1.82, 2.24) is 0 Å². The Kier molecular flexibility index (Phi) is 1.66. The zero-order valence-corrected chi connectivity index (χ0v) is 8.14. The van der Waals surface area contributed by atoms with E-state index in [4.69, 9.17) is 9.47 Å². The lowest BCUT2D eigenvalue weighted by atomic mass is 9.75. The first-order valence-electron chi connectivity index (χ1n) is 5.19. The number of ether oxygens (including phenoxy) is 2. The van der Waals surface area contributed by atoms with Gasteiger partial charge in [0, 0.05) is 12.8 Å². The summed E-state index contributed by atoms with van der Waals surface area (Å²) in [4.78, 5) is 23.1. The summed E-state index contributed by atoms with van der Waals surface area (Å²) >= 11 is 0. The van der Waals surface area contributed by atoms with Crippen molar-refractivity contribution in [1.29, 1.82) is 0 Å². The van der Waals surface area contributed by atoms with Gasteiger partial charge in [-0.2, -0.15) is 0 Å². The lowest BCUT2D eigenvalue weighted by Gasteiger charge is -2.35. The second kappa shape index (κ2) is 2.72. The van der Waals surface area contributed by atoms with E-state index in [1.807, 2.05) is 0 Å². The van der Waals surface area contributed by atoms with Crippen molar-refractivity contribution in [2.45, 2.75) is 43.5 Å². The summed E-state index contributed by atoms with van der Waals surface area (Å²) in [5, 5.41) is 10.2. The SMILES string of the molecule is O=C1OC2CC3(O)CC(CC1C3)OC2=O. The van der Waals surface area contributed by atoms with Gasteiger partial charge in [-0.15, -0.1) is 0 Å². The number of esters is 2. The molecule has 15 heavy (non-hydrogen) atoms. The molecular formula is C10H12O5. The lowest BCUT2D eigenvalue weighted by Crippen LogP contribution is -2.42. The number of carbonyl (C=O) groups is 2. The van der Waals surface area contributed by atoms with E-state index in [9.17, 15) is 14.7 Å². The lowest BCUT2D eigenvalue weighted by molar-refractivity contribution is -0.179. The Morgan fingerprint density at radius 3 is 2.73 bits per heavy atom. The van der Waals surface area contributed by atoms with Gasteiger partial charge in [0.1, 0.15) is 6.10 Å². The standard InChI is InChI=1S/C10H12O5/c11-8-5-1-6-3-10(13,2-5)4-7(15-8)9(12)14-6/h5-7,13H,1-4H2. The second-order valence-electron chi connectivity index (χ2n) is 4.75. The van der Waals surface area contributed by atoms with Crippen LogP contribution in [-0.4, -0.2) is 34.9 Å². The van der Waals surface area contributed by atoms with Gasteiger partial charge in [0.05, 0.1) is 11.5 Å². The highest BCUT2D eigenvalue weighted by molar-refractivity contribution is 5.82. The molecule has 2 saturated heterocycles. The van der Waals surface area contributed by atoms with E-state index in [2.05, 4.69) is 0 Å². The van der Waals surface area contributed by atoms with Crippen molar-refractivity contribution in [3.8, 4) is 0 Å². The zero-order chi connectivity index (χ0) is 10.6. The van der Waals surface area contributed by atoms with Crippen molar-refractivity contribution in [3.63, 3.8) is 0 Å². The van der Waals surface area contributed by atoms with E-state index in [1.54, 1.807) is 0 Å². The molecule has 5 heteroatoms. The van der Waals surface area contributed by atoms with Crippen LogP contribution in [0.15, 0.2) is 0 Å². The molecule has 1 saturated carbocycles. The molecule has 4 atom stereocenters. The molecule has 0 aromatic carbocycles. The van der Waals surface area contributed by atoms with Crippen molar-refractivity contribution in [2.24, 2.45) is 5.92 Å². The number of fused-ring (bicyclic) bond motifs is 3. The van der Waals surface area contributed by atoms with Crippen LogP contribution in [0.4, 0.5) is 0 Å². The number of hydrogen-bond donors (Lipinski definition) is 1. The van der Waals surface area contributed by atoms with E-state index >= 15 is 0 Å². The smallest absolute Gasteiger partial charge is 0.347 e. The Morgan fingerprint density at radius 2 is 1.93 bits per heavy atom. The maximum atomic E-state index is 11.6. The van der Waals surface area contributed by atoms with Gasteiger partial charge < -0.3 is 14.6 Å². The number of carbonyl (C=O) groups excluding carboxylic acids is 2. The molecule has 1 aliphatic carbocycles. The summed E-state index contributed by atoms with van der Waals surface area (Å²) in [5.74, 6) is -1.19. The molecule has 0 spiro atoms. The van der Waals surface area contributed by atoms with Gasteiger partial charge in [-0.25, -0.2) is 4.79 Å². The van der Waals surface area contributed by atoms with Crippen molar-refractivity contribution >= 4 is 11.9 Å². The summed E-state index contributed by atoms with van der Waals surface area (Å²) in [5.41, 5.74) is -0.962. The number of hydrogen-bond acceptors (Lipinski definition) is 5. The maximum Gasteiger partial charge on any atom is 0.347 e. The summed E-state index contributed by atoms with van der Waals surface area (Å²) in [6.07, 6.45) is 0.277. The molecule has 3 aliphatic rings. The third-order valence-corrected chi connectivity index (χ3v) is 3.48. The van der Waals surface area contributed by atoms with E-state index in [0.29, 0.717) is 19.3 Å². The summed E-state index contributed by atoms with van der Waals surface area (Å²) in [7, 11) is 0. The summed E-state index contributed by atoms with van der Waals surface area (Å²) in [6, 6.07) is 0. The maximum absolute atomic E-state index is 11.6. The minimum atomic E-state index is -0.962. The highest BCUT2D eigenvalue weighted by Crippen LogP contribution is 2.43. The van der Waals surface area contributed by atoms with Crippen LogP contribution in [0, 0.1) is 5.92 Å². The molecule has 4 bridgehead atoms. The van der Waals surface area contributed by atoms with E-state index < -0.39 is 17.7 Å². The Balaban J connectivity index is 2.04. The van der Waals surface area contributed by atoms with Gasteiger partial charge in [0.15, 0.2) is 0 Å². The third kappa shape index (κ3) is 1.33. The quantitative estimate of drug-likeness (QED) is 0.561. The van der Waals surface area contributed by atoms with Gasteiger partial charge in [-0.1, -0.05) is 0 Å². The molecule has 3 rings (SSSR count). The molecule has 2 heterocycles. The highest BCUT2D eigenvalue weighted by Gasteiger charge is 2.53. The normalized spacial score (nSPS) is 48.2. The largest absolute Gasteiger partial charge is 0.459 e. The van der Waals surface area contributed by atoms with Gasteiger partial charge >= 0.3 is 11.9 Å². The Morgan fingerprint density at radius 1 is 1.13 bits per heavy atom. The van der Waals surface area contributed by atoms with E-state index in [1.165, 1.54) is 0 Å². The molecule has 4 unspecified atom stereocenters. The van der Waals surface area contributed by atoms with Crippen LogP contribution < -0.4 is 0 Å². The number of rotatable bonds is 0. The fourth-order valence-corrected chi connectivity index (χ4v) is 2.88. The molecule has 5 nitrogen and oxygen atoms in total. The first-order valence-corrected chi connectivity index (χ1v) is 5.19. The first kappa shape index (κ1) is 9.15. The molecule has 0 amide bonds. The van der Waals surface area contributed by atoms with Crippen LogP contribution in [0.3, 0.4) is 0 Å². The van der Waals surface area contributed by atoms with Crippen molar-refractivity contribution in [3.05, 3.63) is 0 Å². The molecule has 1 N–H and O–H groups in total. The molecule has 0 aromatic heterocycles. The fourth-order valence-electron chi connectivity index (χ4n) is 2.88. The van der Waals surface area contributed by atoms with Crippen LogP contribution in [0.1, 0.15) is 25.7 Å². The van der Waals surface area contributed by atoms with Crippen LogP contribution in [0.25, 0.3) is 0 Å². The van der Waals surface area contributed by atoms with Gasteiger partial charge in [0.25, 0.3) is 0 Å². The molecule has 82 valence electrons. The predicted octanol–water partition coefficient (Wildman–Crippen LogP) is -0.242. The molecule has 3 fully saturated rings. The minimum absolute atomic E-state index is 0.185. The van der Waals surface area contributed by atoms with Crippen LogP contribution in [0.2, 0.25) is 0 Å². The van der Waals surface area contributed by atoms with E-state index in [0.717, 1.165) is 0 Å². The second-order valence-corrected chi connectivity index (χ2v) is 4.75. The Labute approximate surface area is 86.4 Å². The third-order valence-electron chi connectivity index (χ3n) is 3.48. The van der Waals surface area contributed by atoms with Crippen LogP contribution in [0.5, 0.6) is 0 Å². The fraction of sp³-hybridized carbons (Fsp3) is 0.800. The first-order chi connectivity index (χ1) is 7.06. The van der Waals surface area contributed by atoms with Crippen molar-refractivity contribution < 1.29 is 24.2 Å². The molecular weight excluding hydrogens is 200 g/mol. The average molecular weight is 212 g/mol. The van der Waals surface area contributed by atoms with Gasteiger partial charge in [-0.3, -0.25) is 4.79 Å². The zero-order valence-electron chi connectivity index (χ0n) is 8.14. The molecule has 2 aliphatic heterocycles. The van der Waals surface area contributed by atoms with Gasteiger partial charge in [-0.05, 0) is 12.8 Å². The highest BCUT2D eigenvalue weighted by atomic mass is 16.6. The van der Waals surface area contributed by atoms with Gasteiger partial charge in [0.2, 0.25) is 6.10 Å². The van der Waals surface area contributed by atoms with Crippen LogP contribution >= 0.6 is 0 Å². The molecule has 0 radical (unpaired) electrons. The number of aliphatic hydroxyl groups is 1. The predicted molar refractivity (Wildman–Crippen MR) is 46.7 cm³/mol. The topological polar surface area (TPSA) is 72.8 Å². The van der Waals surface area contributed by atoms with E-state index in [-0.39, 0.29) is 24.4 Å². The van der Waals surface area contributed by atoms with Crippen molar-refractivity contribution in [2.75, 3.05) is 0 Å². The van der Waals surface area contributed by atoms with Crippen LogP contribution in [-0.2, 0) is 19.1 Å². The monoisotopic (exact) mass is 212 g/mol.